The number of aromatic nitrogens is 1. The van der Waals surface area contributed by atoms with Crippen molar-refractivity contribution in [2.75, 3.05) is 24.5 Å². The maximum atomic E-state index is 11.1. The van der Waals surface area contributed by atoms with E-state index in [1.807, 2.05) is 13.0 Å². The molecule has 4 N–H and O–H groups in total. The van der Waals surface area contributed by atoms with Crippen LogP contribution in [0.25, 0.3) is 0 Å². The lowest BCUT2D eigenvalue weighted by Gasteiger charge is -2.37. The van der Waals surface area contributed by atoms with Crippen LogP contribution in [0.3, 0.4) is 0 Å². The number of anilines is 1. The molecular formula is C12H18N4O2. The van der Waals surface area contributed by atoms with Crippen LogP contribution >= 0.6 is 0 Å². The Morgan fingerprint density at radius 3 is 3.06 bits per heavy atom. The number of ether oxygens (including phenoxy) is 1. The van der Waals surface area contributed by atoms with E-state index < -0.39 is 5.91 Å². The third kappa shape index (κ3) is 2.77. The third-order valence-corrected chi connectivity index (χ3v) is 2.95. The van der Waals surface area contributed by atoms with Crippen molar-refractivity contribution in [3.05, 3.63) is 24.0 Å². The topological polar surface area (TPSA) is 94.5 Å². The van der Waals surface area contributed by atoms with Crippen LogP contribution in [0, 0.1) is 0 Å². The number of pyridine rings is 1. The number of morpholine rings is 1. The summed E-state index contributed by atoms with van der Waals surface area (Å²) in [5.74, 6) is -0.520. The van der Waals surface area contributed by atoms with Gasteiger partial charge in [0.05, 0.1) is 12.2 Å². The molecule has 1 saturated heterocycles. The number of nitrogens with zero attached hydrogens (tertiary/aromatic N) is 2. The van der Waals surface area contributed by atoms with Gasteiger partial charge in [-0.25, -0.2) is 0 Å². The monoisotopic (exact) mass is 250 g/mol. The van der Waals surface area contributed by atoms with Gasteiger partial charge in [0.1, 0.15) is 5.69 Å². The summed E-state index contributed by atoms with van der Waals surface area (Å²) in [5.41, 5.74) is 12.1. The van der Waals surface area contributed by atoms with E-state index in [9.17, 15) is 4.79 Å². The molecule has 6 nitrogen and oxygen atoms in total. The van der Waals surface area contributed by atoms with E-state index >= 15 is 0 Å². The highest BCUT2D eigenvalue weighted by molar-refractivity contribution is 5.91. The second-order valence-electron chi connectivity index (χ2n) is 4.47. The Bertz CT molecular complexity index is 438. The van der Waals surface area contributed by atoms with Crippen molar-refractivity contribution in [2.24, 2.45) is 11.5 Å². The Balaban J connectivity index is 2.19. The second kappa shape index (κ2) is 5.32. The fraction of sp³-hybridized carbons (Fsp3) is 0.500. The van der Waals surface area contributed by atoms with Gasteiger partial charge in [-0.1, -0.05) is 0 Å². The first-order chi connectivity index (χ1) is 8.60. The van der Waals surface area contributed by atoms with Crippen LogP contribution in [0.1, 0.15) is 17.4 Å². The molecule has 0 saturated carbocycles. The van der Waals surface area contributed by atoms with Gasteiger partial charge >= 0.3 is 0 Å². The number of hydrogen-bond donors (Lipinski definition) is 2. The summed E-state index contributed by atoms with van der Waals surface area (Å²) in [7, 11) is 0. The minimum Gasteiger partial charge on any atom is -0.370 e. The van der Waals surface area contributed by atoms with Crippen molar-refractivity contribution in [1.82, 2.24) is 4.98 Å². The number of nitrogens with two attached hydrogens (primary N) is 2. The lowest BCUT2D eigenvalue weighted by Crippen LogP contribution is -2.49. The zero-order valence-corrected chi connectivity index (χ0v) is 10.4. The minimum absolute atomic E-state index is 0.0129. The summed E-state index contributed by atoms with van der Waals surface area (Å²) >= 11 is 0. The Morgan fingerprint density at radius 1 is 1.61 bits per heavy atom. The third-order valence-electron chi connectivity index (χ3n) is 2.95. The zero-order chi connectivity index (χ0) is 13.1. The van der Waals surface area contributed by atoms with E-state index in [4.69, 9.17) is 16.2 Å². The molecule has 98 valence electrons. The molecule has 1 aliphatic heterocycles. The number of hydrogen-bond acceptors (Lipinski definition) is 5. The van der Waals surface area contributed by atoms with Gasteiger partial charge in [0.15, 0.2) is 0 Å². The second-order valence-corrected chi connectivity index (χ2v) is 4.47. The van der Waals surface area contributed by atoms with E-state index in [0.717, 1.165) is 12.2 Å². The van der Waals surface area contributed by atoms with Crippen molar-refractivity contribution in [3.8, 4) is 0 Å². The molecule has 0 bridgehead atoms. The van der Waals surface area contributed by atoms with E-state index in [-0.39, 0.29) is 17.9 Å². The average molecular weight is 250 g/mol. The molecule has 0 spiro atoms. The molecule has 2 unspecified atom stereocenters. The van der Waals surface area contributed by atoms with E-state index in [0.29, 0.717) is 13.1 Å². The Kier molecular flexibility index (Phi) is 3.78. The highest BCUT2D eigenvalue weighted by Gasteiger charge is 2.24. The molecule has 2 heterocycles. The van der Waals surface area contributed by atoms with Crippen molar-refractivity contribution in [1.29, 1.82) is 0 Å². The maximum absolute atomic E-state index is 11.1. The Morgan fingerprint density at radius 2 is 2.39 bits per heavy atom. The summed E-state index contributed by atoms with van der Waals surface area (Å²) in [6.07, 6.45) is 1.71. The quantitative estimate of drug-likeness (QED) is 0.770. The SMILES string of the molecule is CC1CN(c2ccnc(C(N)=O)c2)CC(CN)O1. The van der Waals surface area contributed by atoms with E-state index in [1.54, 1.807) is 12.3 Å². The molecule has 2 rings (SSSR count). The minimum atomic E-state index is -0.520. The Labute approximate surface area is 106 Å². The van der Waals surface area contributed by atoms with Crippen LogP contribution in [-0.2, 0) is 4.74 Å². The van der Waals surface area contributed by atoms with Crippen LogP contribution < -0.4 is 16.4 Å². The largest absolute Gasteiger partial charge is 0.370 e. The van der Waals surface area contributed by atoms with E-state index in [1.165, 1.54) is 0 Å². The lowest BCUT2D eigenvalue weighted by atomic mass is 10.2. The van der Waals surface area contributed by atoms with Crippen LogP contribution in [0.15, 0.2) is 18.3 Å². The van der Waals surface area contributed by atoms with Gasteiger partial charge in [-0.3, -0.25) is 9.78 Å². The molecule has 1 fully saturated rings. The first-order valence-electron chi connectivity index (χ1n) is 5.96. The highest BCUT2D eigenvalue weighted by atomic mass is 16.5. The van der Waals surface area contributed by atoms with E-state index in [2.05, 4.69) is 9.88 Å². The molecule has 1 aromatic heterocycles. The summed E-state index contributed by atoms with van der Waals surface area (Å²) in [5, 5.41) is 0. The molecule has 0 aromatic carbocycles. The van der Waals surface area contributed by atoms with Gasteiger partial charge in [-0.05, 0) is 19.1 Å². The van der Waals surface area contributed by atoms with Gasteiger partial charge in [-0.15, -0.1) is 0 Å². The van der Waals surface area contributed by atoms with Crippen LogP contribution in [0.2, 0.25) is 0 Å². The summed E-state index contributed by atoms with van der Waals surface area (Å²) in [4.78, 5) is 17.2. The van der Waals surface area contributed by atoms with Gasteiger partial charge < -0.3 is 21.1 Å². The number of primary amides is 1. The first kappa shape index (κ1) is 12.8. The standard InChI is InChI=1S/C12H18N4O2/c1-8-6-16(7-10(5-13)18-8)9-2-3-15-11(4-9)12(14)17/h2-4,8,10H,5-7,13H2,1H3,(H2,14,17). The Hall–Kier alpha value is -1.66. The molecule has 2 atom stereocenters. The molecular weight excluding hydrogens is 232 g/mol. The lowest BCUT2D eigenvalue weighted by molar-refractivity contribution is -0.0104. The molecule has 0 aliphatic carbocycles. The molecule has 1 aromatic rings. The van der Waals surface area contributed by atoms with Crippen molar-refractivity contribution in [2.45, 2.75) is 19.1 Å². The van der Waals surface area contributed by atoms with Gasteiger partial charge in [0, 0.05) is 31.5 Å². The fourth-order valence-corrected chi connectivity index (χ4v) is 2.14. The summed E-state index contributed by atoms with van der Waals surface area (Å²) < 4.78 is 5.69. The van der Waals surface area contributed by atoms with Gasteiger partial charge in [0.2, 0.25) is 0 Å². The normalized spacial score (nSPS) is 24.0. The fourth-order valence-electron chi connectivity index (χ4n) is 2.14. The number of rotatable bonds is 3. The van der Waals surface area contributed by atoms with Gasteiger partial charge in [-0.2, -0.15) is 0 Å². The summed E-state index contributed by atoms with van der Waals surface area (Å²) in [6, 6.07) is 3.56. The summed E-state index contributed by atoms with van der Waals surface area (Å²) in [6.45, 7) is 3.96. The van der Waals surface area contributed by atoms with Crippen molar-refractivity contribution in [3.63, 3.8) is 0 Å². The number of amides is 1. The molecule has 0 radical (unpaired) electrons. The highest BCUT2D eigenvalue weighted by Crippen LogP contribution is 2.20. The van der Waals surface area contributed by atoms with Crippen molar-refractivity contribution < 1.29 is 9.53 Å². The maximum Gasteiger partial charge on any atom is 0.267 e. The number of carbonyl (C=O) groups excluding carboxylic acids is 1. The molecule has 18 heavy (non-hydrogen) atoms. The van der Waals surface area contributed by atoms with Crippen LogP contribution in [0.4, 0.5) is 5.69 Å². The van der Waals surface area contributed by atoms with Crippen molar-refractivity contribution >= 4 is 11.6 Å². The first-order valence-corrected chi connectivity index (χ1v) is 5.96. The van der Waals surface area contributed by atoms with Crippen LogP contribution in [-0.4, -0.2) is 42.7 Å². The van der Waals surface area contributed by atoms with Crippen LogP contribution in [0.5, 0.6) is 0 Å². The molecule has 6 heteroatoms. The van der Waals surface area contributed by atoms with Gasteiger partial charge in [0.25, 0.3) is 5.91 Å². The zero-order valence-electron chi connectivity index (χ0n) is 10.4. The predicted octanol–water partition coefficient (Wildman–Crippen LogP) is -0.267. The number of carbonyl (C=O) groups is 1. The molecule has 1 aliphatic rings. The average Bonchev–Trinajstić information content (AvgIpc) is 2.38. The predicted molar refractivity (Wildman–Crippen MR) is 68.4 cm³/mol. The smallest absolute Gasteiger partial charge is 0.267 e. The molecule has 1 amide bonds.